The number of hydrogen-bond donors (Lipinski definition) is 1. The lowest BCUT2D eigenvalue weighted by Gasteiger charge is -2.30. The van der Waals surface area contributed by atoms with Gasteiger partial charge in [0.15, 0.2) is 0 Å². The van der Waals surface area contributed by atoms with Crippen molar-refractivity contribution >= 4 is 11.7 Å². The summed E-state index contributed by atoms with van der Waals surface area (Å²) in [7, 11) is 0. The zero-order valence-corrected chi connectivity index (χ0v) is 13.0. The molecule has 0 radical (unpaired) electrons. The molecule has 5 nitrogen and oxygen atoms in total. The number of pyridine rings is 1. The highest BCUT2D eigenvalue weighted by Crippen LogP contribution is 2.37. The van der Waals surface area contributed by atoms with Crippen molar-refractivity contribution in [2.24, 2.45) is 5.41 Å². The molecule has 0 spiro atoms. The molecular weight excluding hydrogens is 283 g/mol. The van der Waals surface area contributed by atoms with E-state index in [1.807, 2.05) is 4.68 Å². The fraction of sp³-hybridized carbons (Fsp3) is 0.438. The zero-order valence-electron chi connectivity index (χ0n) is 13.0. The van der Waals surface area contributed by atoms with E-state index in [1.54, 1.807) is 12.3 Å². The van der Waals surface area contributed by atoms with E-state index >= 15 is 0 Å². The van der Waals surface area contributed by atoms with Gasteiger partial charge in [-0.2, -0.15) is 5.10 Å². The second-order valence-corrected chi connectivity index (χ2v) is 6.55. The first kappa shape index (κ1) is 14.7. The van der Waals surface area contributed by atoms with Gasteiger partial charge in [0.05, 0.1) is 12.4 Å². The van der Waals surface area contributed by atoms with Crippen LogP contribution in [0.2, 0.25) is 0 Å². The maximum atomic E-state index is 14.2. The molecule has 0 fully saturated rings. The second-order valence-electron chi connectivity index (χ2n) is 6.55. The Morgan fingerprint density at radius 1 is 1.36 bits per heavy atom. The van der Waals surface area contributed by atoms with Crippen LogP contribution in [-0.2, 0) is 17.8 Å². The third-order valence-corrected chi connectivity index (χ3v) is 4.04. The monoisotopic (exact) mass is 302 g/mol. The highest BCUT2D eigenvalue weighted by atomic mass is 19.1. The van der Waals surface area contributed by atoms with Crippen LogP contribution in [0.3, 0.4) is 0 Å². The van der Waals surface area contributed by atoms with E-state index in [1.165, 1.54) is 6.92 Å². The number of nitrogens with one attached hydrogen (secondary N) is 1. The Hall–Kier alpha value is -2.24. The minimum atomic E-state index is -0.409. The molecule has 116 valence electrons. The molecule has 1 amide bonds. The van der Waals surface area contributed by atoms with Gasteiger partial charge in [0.25, 0.3) is 0 Å². The zero-order chi connectivity index (χ0) is 15.9. The molecule has 3 rings (SSSR count). The molecule has 0 saturated heterocycles. The molecule has 1 N–H and O–H groups in total. The number of aryl methyl sites for hydroxylation is 1. The third-order valence-electron chi connectivity index (χ3n) is 4.04. The highest BCUT2D eigenvalue weighted by molar-refractivity contribution is 5.88. The van der Waals surface area contributed by atoms with E-state index in [9.17, 15) is 9.18 Å². The van der Waals surface area contributed by atoms with Gasteiger partial charge in [0, 0.05) is 30.3 Å². The fourth-order valence-electron chi connectivity index (χ4n) is 2.86. The summed E-state index contributed by atoms with van der Waals surface area (Å²) >= 11 is 0. The van der Waals surface area contributed by atoms with Crippen LogP contribution in [0, 0.1) is 11.2 Å². The molecule has 3 heterocycles. The number of hydrogen-bond acceptors (Lipinski definition) is 3. The number of anilines is 1. The summed E-state index contributed by atoms with van der Waals surface area (Å²) in [6.45, 7) is 6.65. The summed E-state index contributed by atoms with van der Waals surface area (Å²) in [5, 5.41) is 6.96. The normalized spacial score (nSPS) is 16.2. The van der Waals surface area contributed by atoms with E-state index in [0.717, 1.165) is 36.8 Å². The maximum absolute atomic E-state index is 14.2. The fourth-order valence-corrected chi connectivity index (χ4v) is 2.86. The molecule has 0 aromatic carbocycles. The molecule has 6 heteroatoms. The number of carbonyl (C=O) groups is 1. The highest BCUT2D eigenvalue weighted by Gasteiger charge is 2.29. The van der Waals surface area contributed by atoms with Crippen LogP contribution in [0.1, 0.15) is 32.9 Å². The lowest BCUT2D eigenvalue weighted by atomic mass is 9.81. The predicted molar refractivity (Wildman–Crippen MR) is 81.8 cm³/mol. The molecule has 22 heavy (non-hydrogen) atoms. The van der Waals surface area contributed by atoms with Crippen LogP contribution < -0.4 is 5.32 Å². The average Bonchev–Trinajstić information content (AvgIpc) is 2.82. The molecule has 0 saturated carbocycles. The van der Waals surface area contributed by atoms with Gasteiger partial charge in [-0.05, 0) is 24.3 Å². The first-order valence-corrected chi connectivity index (χ1v) is 7.34. The number of halogens is 1. The lowest BCUT2D eigenvalue weighted by molar-refractivity contribution is -0.114. The number of aromatic nitrogens is 3. The Labute approximate surface area is 128 Å². The Bertz CT molecular complexity index is 736. The Morgan fingerprint density at radius 2 is 2.14 bits per heavy atom. The van der Waals surface area contributed by atoms with Crippen molar-refractivity contribution in [3.63, 3.8) is 0 Å². The van der Waals surface area contributed by atoms with Crippen molar-refractivity contribution in [1.82, 2.24) is 14.8 Å². The molecular formula is C16H19FN4O. The van der Waals surface area contributed by atoms with Gasteiger partial charge in [0.2, 0.25) is 5.91 Å². The molecule has 2 aromatic rings. The van der Waals surface area contributed by atoms with Crippen molar-refractivity contribution in [2.75, 3.05) is 5.32 Å². The van der Waals surface area contributed by atoms with Crippen LogP contribution in [0.15, 0.2) is 18.5 Å². The van der Waals surface area contributed by atoms with Gasteiger partial charge in [-0.3, -0.25) is 9.48 Å². The van der Waals surface area contributed by atoms with E-state index in [2.05, 4.69) is 29.2 Å². The first-order chi connectivity index (χ1) is 10.4. The molecule has 1 aliphatic heterocycles. The number of fused-ring (bicyclic) bond motifs is 1. The molecule has 1 aliphatic rings. The number of amides is 1. The van der Waals surface area contributed by atoms with Gasteiger partial charge in [0.1, 0.15) is 11.6 Å². The molecule has 0 atom stereocenters. The SMILES string of the molecule is CC(=O)Nc1cc(-c2cnn3c2CC(C)(C)CC3)c(F)cn1. The van der Waals surface area contributed by atoms with Gasteiger partial charge in [-0.1, -0.05) is 13.8 Å². The summed E-state index contributed by atoms with van der Waals surface area (Å²) in [6, 6.07) is 1.57. The Morgan fingerprint density at radius 3 is 2.86 bits per heavy atom. The standard InChI is InChI=1S/C16H19FN4O/c1-10(22)20-15-6-11(13(17)9-18-15)12-8-19-21-5-4-16(2,3)7-14(12)21/h6,8-9H,4-5,7H2,1-3H3,(H,18,20,22). The van der Waals surface area contributed by atoms with Gasteiger partial charge in [-0.15, -0.1) is 0 Å². The summed E-state index contributed by atoms with van der Waals surface area (Å²) < 4.78 is 16.2. The van der Waals surface area contributed by atoms with E-state index in [0.29, 0.717) is 11.4 Å². The third kappa shape index (κ3) is 2.73. The molecule has 0 bridgehead atoms. The van der Waals surface area contributed by atoms with E-state index in [4.69, 9.17) is 0 Å². The van der Waals surface area contributed by atoms with Crippen LogP contribution >= 0.6 is 0 Å². The van der Waals surface area contributed by atoms with Gasteiger partial charge in [-0.25, -0.2) is 9.37 Å². The molecule has 0 aliphatic carbocycles. The van der Waals surface area contributed by atoms with Crippen LogP contribution in [0.25, 0.3) is 11.1 Å². The summed E-state index contributed by atoms with van der Waals surface area (Å²) in [5.41, 5.74) is 2.42. The summed E-state index contributed by atoms with van der Waals surface area (Å²) in [4.78, 5) is 15.0. The van der Waals surface area contributed by atoms with Crippen LogP contribution in [-0.4, -0.2) is 20.7 Å². The largest absolute Gasteiger partial charge is 0.311 e. The van der Waals surface area contributed by atoms with E-state index < -0.39 is 5.82 Å². The minimum Gasteiger partial charge on any atom is -0.311 e. The number of carbonyl (C=O) groups excluding carboxylic acids is 1. The number of nitrogens with zero attached hydrogens (tertiary/aromatic N) is 3. The van der Waals surface area contributed by atoms with Gasteiger partial charge >= 0.3 is 0 Å². The van der Waals surface area contributed by atoms with Gasteiger partial charge < -0.3 is 5.32 Å². The van der Waals surface area contributed by atoms with Crippen LogP contribution in [0.4, 0.5) is 10.2 Å². The smallest absolute Gasteiger partial charge is 0.222 e. The maximum Gasteiger partial charge on any atom is 0.222 e. The first-order valence-electron chi connectivity index (χ1n) is 7.34. The Balaban J connectivity index is 2.05. The Kier molecular flexibility index (Phi) is 3.47. The van der Waals surface area contributed by atoms with Crippen molar-refractivity contribution in [3.05, 3.63) is 30.0 Å². The average molecular weight is 302 g/mol. The molecule has 2 aromatic heterocycles. The second kappa shape index (κ2) is 5.19. The van der Waals surface area contributed by atoms with Crippen LogP contribution in [0.5, 0.6) is 0 Å². The number of rotatable bonds is 2. The van der Waals surface area contributed by atoms with Crippen molar-refractivity contribution < 1.29 is 9.18 Å². The van der Waals surface area contributed by atoms with E-state index in [-0.39, 0.29) is 11.3 Å². The minimum absolute atomic E-state index is 0.175. The van der Waals surface area contributed by atoms with Crippen molar-refractivity contribution in [1.29, 1.82) is 0 Å². The van der Waals surface area contributed by atoms with Crippen molar-refractivity contribution in [2.45, 2.75) is 40.2 Å². The molecule has 0 unspecified atom stereocenters. The quantitative estimate of drug-likeness (QED) is 0.927. The predicted octanol–water partition coefficient (Wildman–Crippen LogP) is 3.02. The lowest BCUT2D eigenvalue weighted by Crippen LogP contribution is -2.26. The topological polar surface area (TPSA) is 59.8 Å². The van der Waals surface area contributed by atoms with Crippen molar-refractivity contribution in [3.8, 4) is 11.1 Å². The summed E-state index contributed by atoms with van der Waals surface area (Å²) in [6.07, 6.45) is 4.74. The summed E-state index contributed by atoms with van der Waals surface area (Å²) in [5.74, 6) is -0.296.